The van der Waals surface area contributed by atoms with E-state index in [2.05, 4.69) is 51.1 Å². The molecule has 2 aromatic carbocycles. The van der Waals surface area contributed by atoms with Gasteiger partial charge in [-0.1, -0.05) is 57.2 Å². The number of nitrogens with zero attached hydrogens (tertiary/aromatic N) is 3. The number of benzene rings is 2. The number of carbonyl (C=O) groups excluding carboxylic acids is 1. The van der Waals surface area contributed by atoms with Gasteiger partial charge in [-0.05, 0) is 41.8 Å². The van der Waals surface area contributed by atoms with Gasteiger partial charge < -0.3 is 4.90 Å². The zero-order valence-electron chi connectivity index (χ0n) is 18.4. The quantitative estimate of drug-likeness (QED) is 0.409. The van der Waals surface area contributed by atoms with Crippen LogP contribution < -0.4 is 0 Å². The smallest absolute Gasteiger partial charge is 0.264 e. The van der Waals surface area contributed by atoms with Crippen molar-refractivity contribution in [2.75, 3.05) is 7.05 Å². The normalized spacial score (nSPS) is 11.9. The fraction of sp³-hybridized carbons (Fsp3) is 0.320. The molecule has 2 heterocycles. The summed E-state index contributed by atoms with van der Waals surface area (Å²) in [6.45, 7) is 10.9. The number of hydrogen-bond acceptors (Lipinski definition) is 4. The second-order valence-corrected chi connectivity index (χ2v) is 9.96. The van der Waals surface area contributed by atoms with Crippen LogP contribution >= 0.6 is 11.3 Å². The van der Waals surface area contributed by atoms with Gasteiger partial charge in [-0.25, -0.2) is 9.97 Å². The van der Waals surface area contributed by atoms with Crippen LogP contribution in [0.3, 0.4) is 0 Å². The van der Waals surface area contributed by atoms with Gasteiger partial charge >= 0.3 is 0 Å². The highest BCUT2D eigenvalue weighted by atomic mass is 32.1. The van der Waals surface area contributed by atoms with Crippen LogP contribution in [0.4, 0.5) is 0 Å². The number of rotatable bonds is 3. The van der Waals surface area contributed by atoms with Crippen LogP contribution in [-0.4, -0.2) is 27.8 Å². The van der Waals surface area contributed by atoms with Crippen LogP contribution in [0.5, 0.6) is 0 Å². The number of fused-ring (bicyclic) bond motifs is 2. The van der Waals surface area contributed by atoms with Crippen molar-refractivity contribution in [1.29, 1.82) is 0 Å². The first-order chi connectivity index (χ1) is 14.1. The first-order valence-corrected chi connectivity index (χ1v) is 11.0. The maximum atomic E-state index is 13.3. The molecule has 0 aliphatic carbocycles. The second-order valence-electron chi connectivity index (χ2n) is 8.96. The highest BCUT2D eigenvalue weighted by Crippen LogP contribution is 2.34. The Labute approximate surface area is 181 Å². The number of thiophene rings is 1. The highest BCUT2D eigenvalue weighted by molar-refractivity contribution is 7.20. The van der Waals surface area contributed by atoms with Crippen molar-refractivity contribution in [2.45, 2.75) is 46.6 Å². The van der Waals surface area contributed by atoms with Crippen molar-refractivity contribution in [1.82, 2.24) is 14.9 Å². The third-order valence-corrected chi connectivity index (χ3v) is 6.59. The molecular formula is C25H27N3OS. The molecule has 0 radical (unpaired) electrons. The Kier molecular flexibility index (Phi) is 5.10. The van der Waals surface area contributed by atoms with Gasteiger partial charge in [0.05, 0.1) is 10.6 Å². The van der Waals surface area contributed by atoms with Crippen molar-refractivity contribution < 1.29 is 4.79 Å². The molecule has 0 atom stereocenters. The largest absolute Gasteiger partial charge is 0.337 e. The first kappa shape index (κ1) is 20.5. The topological polar surface area (TPSA) is 46.1 Å². The molecule has 5 heteroatoms. The van der Waals surface area contributed by atoms with E-state index in [0.29, 0.717) is 6.54 Å². The van der Waals surface area contributed by atoms with Crippen molar-refractivity contribution in [3.8, 4) is 0 Å². The maximum absolute atomic E-state index is 13.3. The van der Waals surface area contributed by atoms with Crippen LogP contribution in [0.1, 0.15) is 53.1 Å². The third-order valence-electron chi connectivity index (χ3n) is 5.42. The predicted molar refractivity (Wildman–Crippen MR) is 125 cm³/mol. The van der Waals surface area contributed by atoms with E-state index < -0.39 is 0 Å². The van der Waals surface area contributed by atoms with E-state index in [-0.39, 0.29) is 11.3 Å². The minimum Gasteiger partial charge on any atom is -0.337 e. The van der Waals surface area contributed by atoms with Crippen molar-refractivity contribution in [2.24, 2.45) is 0 Å². The third kappa shape index (κ3) is 3.70. The number of carbonyl (C=O) groups is 1. The highest BCUT2D eigenvalue weighted by Gasteiger charge is 2.24. The molecule has 4 nitrogen and oxygen atoms in total. The summed E-state index contributed by atoms with van der Waals surface area (Å²) in [7, 11) is 1.86. The molecule has 0 aliphatic rings. The molecule has 0 saturated heterocycles. The molecule has 0 fully saturated rings. The predicted octanol–water partition coefficient (Wildman–Crippen LogP) is 6.03. The minimum absolute atomic E-state index is 0.0281. The molecule has 1 amide bonds. The molecule has 0 spiro atoms. The van der Waals surface area contributed by atoms with E-state index in [0.717, 1.165) is 37.7 Å². The van der Waals surface area contributed by atoms with E-state index in [4.69, 9.17) is 9.97 Å². The summed E-state index contributed by atoms with van der Waals surface area (Å²) in [6.07, 6.45) is 0. The summed E-state index contributed by atoms with van der Waals surface area (Å²) in [5.41, 5.74) is 2.90. The van der Waals surface area contributed by atoms with Crippen molar-refractivity contribution in [3.05, 3.63) is 70.0 Å². The van der Waals surface area contributed by atoms with Gasteiger partial charge in [0.1, 0.15) is 10.7 Å². The van der Waals surface area contributed by atoms with Crippen LogP contribution in [0, 0.1) is 13.8 Å². The lowest BCUT2D eigenvalue weighted by molar-refractivity contribution is 0.0789. The molecule has 4 rings (SSSR count). The molecule has 30 heavy (non-hydrogen) atoms. The monoisotopic (exact) mass is 417 g/mol. The molecule has 0 unspecified atom stereocenters. The Morgan fingerprint density at radius 2 is 1.73 bits per heavy atom. The Hall–Kier alpha value is -2.79. The Morgan fingerprint density at radius 1 is 1.03 bits per heavy atom. The minimum atomic E-state index is -0.131. The lowest BCUT2D eigenvalue weighted by Gasteiger charge is -2.17. The fourth-order valence-electron chi connectivity index (χ4n) is 3.73. The molecule has 2 aromatic heterocycles. The van der Waals surface area contributed by atoms with Gasteiger partial charge in [0.2, 0.25) is 0 Å². The van der Waals surface area contributed by atoms with Crippen LogP contribution in [0.15, 0.2) is 42.5 Å². The molecule has 4 aromatic rings. The number of amides is 1. The Morgan fingerprint density at radius 3 is 2.43 bits per heavy atom. The summed E-state index contributed by atoms with van der Waals surface area (Å²) in [5, 5.41) is 3.41. The second kappa shape index (κ2) is 7.47. The van der Waals surface area contributed by atoms with Gasteiger partial charge in [-0.2, -0.15) is 0 Å². The Balaban J connectivity index is 1.66. The summed E-state index contributed by atoms with van der Waals surface area (Å²) in [5.74, 6) is 0.845. The van der Waals surface area contributed by atoms with Gasteiger partial charge in [0, 0.05) is 24.4 Å². The molecular weight excluding hydrogens is 390 g/mol. The molecule has 0 N–H and O–H groups in total. The summed E-state index contributed by atoms with van der Waals surface area (Å²) < 4.78 is 0. The summed E-state index contributed by atoms with van der Waals surface area (Å²) in [6, 6.07) is 14.6. The van der Waals surface area contributed by atoms with E-state index in [9.17, 15) is 4.79 Å². The molecule has 0 aliphatic heterocycles. The van der Waals surface area contributed by atoms with Gasteiger partial charge in [-0.3, -0.25) is 4.79 Å². The zero-order valence-corrected chi connectivity index (χ0v) is 19.2. The molecule has 0 bridgehead atoms. The maximum Gasteiger partial charge on any atom is 0.264 e. The standard InChI is InChI=1S/C25H27N3OS/c1-15-20-16(2)26-24(25(3,4)5)27-22(20)30-21(15)23(29)28(6)14-17-11-12-18-9-7-8-10-19(18)13-17/h7-13H,14H2,1-6H3. The van der Waals surface area contributed by atoms with Gasteiger partial charge in [0.25, 0.3) is 5.91 Å². The lowest BCUT2D eigenvalue weighted by atomic mass is 9.95. The van der Waals surface area contributed by atoms with Crippen LogP contribution in [0.2, 0.25) is 0 Å². The van der Waals surface area contributed by atoms with Gasteiger partial charge in [-0.15, -0.1) is 11.3 Å². The van der Waals surface area contributed by atoms with Crippen molar-refractivity contribution >= 4 is 38.2 Å². The average Bonchev–Trinajstić information content (AvgIpc) is 3.03. The fourth-order valence-corrected chi connectivity index (χ4v) is 4.96. The van der Waals surface area contributed by atoms with E-state index >= 15 is 0 Å². The van der Waals surface area contributed by atoms with Crippen molar-refractivity contribution in [3.63, 3.8) is 0 Å². The first-order valence-electron chi connectivity index (χ1n) is 10.2. The number of aromatic nitrogens is 2. The average molecular weight is 418 g/mol. The zero-order chi connectivity index (χ0) is 21.6. The SMILES string of the molecule is Cc1nc(C(C)(C)C)nc2sc(C(=O)N(C)Cc3ccc4ccccc4c3)c(C)c12. The van der Waals surface area contributed by atoms with E-state index in [1.165, 1.54) is 22.1 Å². The lowest BCUT2D eigenvalue weighted by Crippen LogP contribution is -2.25. The van der Waals surface area contributed by atoms with Crippen LogP contribution in [-0.2, 0) is 12.0 Å². The summed E-state index contributed by atoms with van der Waals surface area (Å²) in [4.78, 5) is 26.2. The van der Waals surface area contributed by atoms with E-state index in [1.54, 1.807) is 4.90 Å². The number of hydrogen-bond donors (Lipinski definition) is 0. The molecule has 154 valence electrons. The van der Waals surface area contributed by atoms with Crippen LogP contribution in [0.25, 0.3) is 21.0 Å². The van der Waals surface area contributed by atoms with Gasteiger partial charge in [0.15, 0.2) is 0 Å². The van der Waals surface area contributed by atoms with E-state index in [1.807, 2.05) is 33.0 Å². The summed E-state index contributed by atoms with van der Waals surface area (Å²) >= 11 is 1.48. The number of aryl methyl sites for hydroxylation is 2. The Bertz CT molecular complexity index is 1270. The molecule has 0 saturated carbocycles.